The topological polar surface area (TPSA) is 40.5 Å². The molecule has 0 aliphatic rings. The predicted molar refractivity (Wildman–Crippen MR) is 249 cm³/mol. The second kappa shape index (κ2) is 16.4. The molecule has 0 heterocycles. The molecule has 0 atom stereocenters. The van der Waals surface area contributed by atoms with Gasteiger partial charge in [0.1, 0.15) is 0 Å². The minimum atomic E-state index is -1.46. The molecule has 2 nitrogen and oxygen atoms in total. The highest BCUT2D eigenvalue weighted by Crippen LogP contribution is 2.45. The first kappa shape index (κ1) is 37.6. The van der Waals surface area contributed by atoms with E-state index < -0.39 is 7.12 Å². The van der Waals surface area contributed by atoms with Crippen LogP contribution in [0.25, 0.3) is 87.6 Å². The highest BCUT2D eigenvalue weighted by Gasteiger charge is 2.18. The van der Waals surface area contributed by atoms with Crippen LogP contribution < -0.4 is 5.46 Å². The van der Waals surface area contributed by atoms with Gasteiger partial charge >= 0.3 is 7.12 Å². The number of fused-ring (bicyclic) bond motifs is 4. The van der Waals surface area contributed by atoms with Crippen LogP contribution in [0.5, 0.6) is 0 Å². The number of rotatable bonds is 5. The molecule has 0 aromatic heterocycles. The molecule has 0 aliphatic carbocycles. The van der Waals surface area contributed by atoms with E-state index in [1.807, 2.05) is 18.2 Å². The maximum absolute atomic E-state index is 9.45. The van der Waals surface area contributed by atoms with E-state index in [9.17, 15) is 10.0 Å². The molecule has 0 bridgehead atoms. The van der Waals surface area contributed by atoms with Crippen LogP contribution in [0.3, 0.4) is 0 Å². The molecule has 274 valence electrons. The molecule has 10 aromatic carbocycles. The molecule has 0 spiro atoms. The van der Waals surface area contributed by atoms with E-state index in [2.05, 4.69) is 192 Å². The summed E-state index contributed by atoms with van der Waals surface area (Å²) in [6, 6.07) is 71.8. The highest BCUT2D eigenvalue weighted by atomic mass is 79.9. The second-order valence-corrected chi connectivity index (χ2v) is 14.8. The van der Waals surface area contributed by atoms with E-state index in [0.29, 0.717) is 5.46 Å². The molecular weight excluding hydrogens is 759 g/mol. The Morgan fingerprint density at radius 1 is 0.281 bits per heavy atom. The SMILES string of the molecule is Brc1ccc(-c2c3ccccc3c(-c3ccccc3)c3ccccc23)cc1.C.OB(O)c1ccc(-c2c3ccccc3c(-c3ccccc3)c3ccccc23)cc1. The lowest BCUT2D eigenvalue weighted by molar-refractivity contribution is 0.426. The van der Waals surface area contributed by atoms with Crippen molar-refractivity contribution in [1.29, 1.82) is 0 Å². The lowest BCUT2D eigenvalue weighted by Crippen LogP contribution is -2.29. The third kappa shape index (κ3) is 7.16. The summed E-state index contributed by atoms with van der Waals surface area (Å²) in [4.78, 5) is 0. The largest absolute Gasteiger partial charge is 0.488 e. The summed E-state index contributed by atoms with van der Waals surface area (Å²) >= 11 is 3.56. The first-order chi connectivity index (χ1) is 27.6. The van der Waals surface area contributed by atoms with Gasteiger partial charge in [-0.25, -0.2) is 0 Å². The van der Waals surface area contributed by atoms with Crippen molar-refractivity contribution in [2.24, 2.45) is 0 Å². The fourth-order valence-electron chi connectivity index (χ4n) is 8.15. The molecule has 2 N–H and O–H groups in total. The van der Waals surface area contributed by atoms with Gasteiger partial charge in [-0.1, -0.05) is 217 Å². The zero-order chi connectivity index (χ0) is 38.0. The van der Waals surface area contributed by atoms with Crippen LogP contribution in [0, 0.1) is 0 Å². The second-order valence-electron chi connectivity index (χ2n) is 13.9. The van der Waals surface area contributed by atoms with Crippen molar-refractivity contribution >= 4 is 71.6 Å². The number of halogens is 1. The molecule has 0 saturated heterocycles. The first-order valence-corrected chi connectivity index (χ1v) is 19.6. The zero-order valence-electron chi connectivity index (χ0n) is 30.5. The Balaban J connectivity index is 0.000000157. The molecule has 10 aromatic rings. The maximum Gasteiger partial charge on any atom is 0.488 e. The lowest BCUT2D eigenvalue weighted by atomic mass is 9.79. The van der Waals surface area contributed by atoms with E-state index in [1.165, 1.54) is 76.5 Å². The van der Waals surface area contributed by atoms with Crippen LogP contribution in [0.4, 0.5) is 0 Å². The fourth-order valence-corrected chi connectivity index (χ4v) is 8.41. The van der Waals surface area contributed by atoms with E-state index in [-0.39, 0.29) is 7.43 Å². The molecule has 0 unspecified atom stereocenters. The van der Waals surface area contributed by atoms with Gasteiger partial charge in [-0.15, -0.1) is 0 Å². The van der Waals surface area contributed by atoms with Crippen LogP contribution in [-0.2, 0) is 0 Å². The van der Waals surface area contributed by atoms with Gasteiger partial charge in [0.2, 0.25) is 0 Å². The molecule has 0 radical (unpaired) electrons. The molecule has 0 aliphatic heterocycles. The monoisotopic (exact) mass is 798 g/mol. The summed E-state index contributed by atoms with van der Waals surface area (Å²) in [6.07, 6.45) is 0. The van der Waals surface area contributed by atoms with Gasteiger partial charge in [-0.3, -0.25) is 0 Å². The van der Waals surface area contributed by atoms with Crippen molar-refractivity contribution in [3.05, 3.63) is 211 Å². The lowest BCUT2D eigenvalue weighted by Gasteiger charge is -2.17. The number of benzene rings is 10. The first-order valence-electron chi connectivity index (χ1n) is 18.8. The third-order valence-electron chi connectivity index (χ3n) is 10.6. The molecule has 0 saturated carbocycles. The van der Waals surface area contributed by atoms with E-state index in [4.69, 9.17) is 0 Å². The van der Waals surface area contributed by atoms with E-state index in [1.54, 1.807) is 12.1 Å². The van der Waals surface area contributed by atoms with Gasteiger partial charge in [0.25, 0.3) is 0 Å². The average Bonchev–Trinajstić information content (AvgIpc) is 3.26. The Bertz CT molecular complexity index is 2870. The van der Waals surface area contributed by atoms with E-state index >= 15 is 0 Å². The minimum absolute atomic E-state index is 0. The minimum Gasteiger partial charge on any atom is -0.423 e. The highest BCUT2D eigenvalue weighted by molar-refractivity contribution is 9.10. The smallest absolute Gasteiger partial charge is 0.423 e. The maximum atomic E-state index is 9.45. The van der Waals surface area contributed by atoms with Crippen molar-refractivity contribution in [2.45, 2.75) is 7.43 Å². The van der Waals surface area contributed by atoms with Crippen molar-refractivity contribution in [3.8, 4) is 44.5 Å². The average molecular weight is 800 g/mol. The van der Waals surface area contributed by atoms with Gasteiger partial charge in [0.15, 0.2) is 0 Å². The van der Waals surface area contributed by atoms with Crippen LogP contribution in [0.15, 0.2) is 211 Å². The van der Waals surface area contributed by atoms with Gasteiger partial charge in [0, 0.05) is 4.47 Å². The van der Waals surface area contributed by atoms with Crippen LogP contribution in [0.2, 0.25) is 0 Å². The summed E-state index contributed by atoms with van der Waals surface area (Å²) in [5, 5.41) is 28.8. The number of hydrogen-bond donors (Lipinski definition) is 2. The molecule has 0 fully saturated rings. The van der Waals surface area contributed by atoms with Gasteiger partial charge < -0.3 is 10.0 Å². The van der Waals surface area contributed by atoms with Crippen LogP contribution >= 0.6 is 15.9 Å². The standard InChI is InChI=1S/C26H19BO2.C26H17Br.CH4/c28-27(29)20-16-14-19(15-17-20)26-23-12-6-4-10-21(23)25(18-8-2-1-3-9-18)22-11-5-7-13-24(22)26;27-20-16-14-19(15-17-20)26-23-12-6-4-10-21(23)25(18-8-2-1-3-9-18)22-11-5-7-13-24(22)26;/h1-17,28-29H;1-17H;1H4. The molecule has 4 heteroatoms. The van der Waals surface area contributed by atoms with Crippen molar-refractivity contribution in [3.63, 3.8) is 0 Å². The summed E-state index contributed by atoms with van der Waals surface area (Å²) in [5.74, 6) is 0. The molecule has 0 amide bonds. The Kier molecular flexibility index (Phi) is 10.8. The van der Waals surface area contributed by atoms with Crippen molar-refractivity contribution in [2.75, 3.05) is 0 Å². The Hall–Kier alpha value is -6.30. The van der Waals surface area contributed by atoms with Crippen LogP contribution in [-0.4, -0.2) is 17.2 Å². The van der Waals surface area contributed by atoms with Gasteiger partial charge in [-0.2, -0.15) is 0 Å². The van der Waals surface area contributed by atoms with Crippen molar-refractivity contribution in [1.82, 2.24) is 0 Å². The molecule has 10 rings (SSSR count). The summed E-state index contributed by atoms with van der Waals surface area (Å²) < 4.78 is 1.10. The Morgan fingerprint density at radius 2 is 0.509 bits per heavy atom. The molecular formula is C53H40BBrO2. The van der Waals surface area contributed by atoms with Gasteiger partial charge in [0.05, 0.1) is 0 Å². The fraction of sp³-hybridized carbons (Fsp3) is 0.0189. The predicted octanol–water partition coefficient (Wildman–Crippen LogP) is 13.7. The summed E-state index contributed by atoms with van der Waals surface area (Å²) in [5.41, 5.74) is 10.3. The quantitative estimate of drug-likeness (QED) is 0.134. The zero-order valence-corrected chi connectivity index (χ0v) is 32.1. The Labute approximate surface area is 342 Å². The summed E-state index contributed by atoms with van der Waals surface area (Å²) in [7, 11) is -1.46. The molecule has 57 heavy (non-hydrogen) atoms. The van der Waals surface area contributed by atoms with Gasteiger partial charge in [-0.05, 0) is 105 Å². The Morgan fingerprint density at radius 3 is 0.772 bits per heavy atom. The summed E-state index contributed by atoms with van der Waals surface area (Å²) in [6.45, 7) is 0. The van der Waals surface area contributed by atoms with E-state index in [0.717, 1.165) is 15.6 Å². The normalized spacial score (nSPS) is 10.9. The van der Waals surface area contributed by atoms with Crippen LogP contribution in [0.1, 0.15) is 7.43 Å². The third-order valence-corrected chi connectivity index (χ3v) is 11.1. The van der Waals surface area contributed by atoms with Crippen molar-refractivity contribution < 1.29 is 10.0 Å². The number of hydrogen-bond acceptors (Lipinski definition) is 2.